The monoisotopic (exact) mass is 561 g/mol. The van der Waals surface area contributed by atoms with Gasteiger partial charge in [-0.15, -0.1) is 0 Å². The van der Waals surface area contributed by atoms with Gasteiger partial charge in [0, 0.05) is 56.2 Å². The van der Waals surface area contributed by atoms with Gasteiger partial charge in [-0.25, -0.2) is 9.18 Å². The highest BCUT2D eigenvalue weighted by Gasteiger charge is 2.53. The summed E-state index contributed by atoms with van der Waals surface area (Å²) in [5.41, 5.74) is 2.61. The largest absolute Gasteiger partial charge is 0.446 e. The number of benzene rings is 2. The number of likely N-dealkylation sites (tertiary alicyclic amines) is 1. The van der Waals surface area contributed by atoms with Gasteiger partial charge in [0.15, 0.2) is 0 Å². The first-order valence-corrected chi connectivity index (χ1v) is 15.1. The molecule has 2 aliphatic heterocycles. The number of nitriles is 1. The number of ether oxygens (including phenoxy) is 1. The number of halogens is 1. The molecule has 0 bridgehead atoms. The third-order valence-corrected chi connectivity index (χ3v) is 9.67. The Bertz CT molecular complexity index is 1220. The van der Waals surface area contributed by atoms with Crippen molar-refractivity contribution in [3.8, 4) is 6.07 Å². The second kappa shape index (κ2) is 12.8. The van der Waals surface area contributed by atoms with Crippen LogP contribution in [-0.2, 0) is 10.2 Å². The molecule has 1 amide bonds. The van der Waals surface area contributed by atoms with Crippen LogP contribution < -0.4 is 10.2 Å². The Morgan fingerprint density at radius 2 is 1.85 bits per heavy atom. The molecule has 1 aliphatic carbocycles. The van der Waals surface area contributed by atoms with E-state index in [1.807, 2.05) is 30.3 Å². The maximum atomic E-state index is 14.8. The number of nitrogens with zero attached hydrogens (tertiary/aromatic N) is 4. The van der Waals surface area contributed by atoms with Crippen molar-refractivity contribution in [3.05, 3.63) is 65.5 Å². The van der Waals surface area contributed by atoms with Crippen LogP contribution in [0.4, 0.5) is 14.9 Å². The van der Waals surface area contributed by atoms with E-state index in [2.05, 4.69) is 46.2 Å². The topological polar surface area (TPSA) is 71.8 Å². The van der Waals surface area contributed by atoms with Gasteiger partial charge in [-0.05, 0) is 107 Å². The lowest BCUT2D eigenvalue weighted by Crippen LogP contribution is -2.56. The predicted molar refractivity (Wildman–Crippen MR) is 159 cm³/mol. The van der Waals surface area contributed by atoms with E-state index in [0.717, 1.165) is 76.9 Å². The minimum Gasteiger partial charge on any atom is -0.446 e. The molecule has 0 spiro atoms. The lowest BCUT2D eigenvalue weighted by Gasteiger charge is -2.52. The number of amides is 1. The Balaban J connectivity index is 1.30. The van der Waals surface area contributed by atoms with Gasteiger partial charge >= 0.3 is 6.09 Å². The Morgan fingerprint density at radius 1 is 1.12 bits per heavy atom. The zero-order valence-electron chi connectivity index (χ0n) is 24.7. The summed E-state index contributed by atoms with van der Waals surface area (Å²) in [6.45, 7) is 6.01. The van der Waals surface area contributed by atoms with Gasteiger partial charge in [0.1, 0.15) is 11.9 Å². The maximum Gasteiger partial charge on any atom is 0.407 e. The molecule has 2 heterocycles. The van der Waals surface area contributed by atoms with Crippen LogP contribution in [-0.4, -0.2) is 82.4 Å². The lowest BCUT2D eigenvalue weighted by molar-refractivity contribution is -0.000812. The van der Waals surface area contributed by atoms with Crippen LogP contribution in [0.25, 0.3) is 0 Å². The Labute approximate surface area is 244 Å². The average molecular weight is 562 g/mol. The summed E-state index contributed by atoms with van der Waals surface area (Å²) >= 11 is 0. The summed E-state index contributed by atoms with van der Waals surface area (Å²) in [5, 5.41) is 11.7. The molecule has 1 N–H and O–H groups in total. The number of carbonyl (C=O) groups is 1. The van der Waals surface area contributed by atoms with Crippen molar-refractivity contribution >= 4 is 11.8 Å². The summed E-state index contributed by atoms with van der Waals surface area (Å²) in [5.74, 6) is 0.922. The molecule has 41 heavy (non-hydrogen) atoms. The first-order valence-electron chi connectivity index (χ1n) is 15.1. The van der Waals surface area contributed by atoms with Gasteiger partial charge in [-0.1, -0.05) is 12.1 Å². The van der Waals surface area contributed by atoms with Gasteiger partial charge in [0.05, 0.1) is 11.6 Å². The second-order valence-corrected chi connectivity index (χ2v) is 12.5. The molecule has 1 saturated carbocycles. The van der Waals surface area contributed by atoms with Crippen molar-refractivity contribution in [2.75, 3.05) is 65.3 Å². The Morgan fingerprint density at radius 3 is 2.49 bits per heavy atom. The first-order chi connectivity index (χ1) is 19.8. The highest BCUT2D eigenvalue weighted by atomic mass is 19.1. The van der Waals surface area contributed by atoms with E-state index in [4.69, 9.17) is 10.00 Å². The summed E-state index contributed by atoms with van der Waals surface area (Å²) in [6, 6.07) is 17.2. The summed E-state index contributed by atoms with van der Waals surface area (Å²) in [7, 11) is 5.80. The molecular weight excluding hydrogens is 517 g/mol. The van der Waals surface area contributed by atoms with Crippen molar-refractivity contribution < 1.29 is 13.9 Å². The fourth-order valence-corrected chi connectivity index (χ4v) is 7.88. The molecule has 8 heteroatoms. The summed E-state index contributed by atoms with van der Waals surface area (Å²) in [4.78, 5) is 19.6. The molecule has 3 fully saturated rings. The average Bonchev–Trinajstić information content (AvgIpc) is 3.42. The molecule has 220 valence electrons. The van der Waals surface area contributed by atoms with Crippen molar-refractivity contribution in [3.63, 3.8) is 0 Å². The van der Waals surface area contributed by atoms with Crippen LogP contribution in [0.3, 0.4) is 0 Å². The number of alkyl carbamates (subject to hydrolysis) is 1. The van der Waals surface area contributed by atoms with E-state index < -0.39 is 0 Å². The van der Waals surface area contributed by atoms with Crippen LogP contribution in [0.1, 0.15) is 43.2 Å². The number of hydrogen-bond donors (Lipinski definition) is 1. The van der Waals surface area contributed by atoms with Crippen molar-refractivity contribution in [2.45, 2.75) is 43.6 Å². The fraction of sp³-hybridized carbons (Fsp3) is 0.576. The number of hydrogen-bond acceptors (Lipinski definition) is 6. The molecule has 2 saturated heterocycles. The van der Waals surface area contributed by atoms with Crippen molar-refractivity contribution in [1.82, 2.24) is 15.1 Å². The molecule has 0 unspecified atom stereocenters. The van der Waals surface area contributed by atoms with Crippen LogP contribution >= 0.6 is 0 Å². The van der Waals surface area contributed by atoms with E-state index in [0.29, 0.717) is 17.4 Å². The van der Waals surface area contributed by atoms with Gasteiger partial charge in [0.25, 0.3) is 0 Å². The summed E-state index contributed by atoms with van der Waals surface area (Å²) < 4.78 is 20.7. The zero-order valence-corrected chi connectivity index (χ0v) is 24.7. The standard InChI is InChI=1S/C33H44FN5O2/c1-36-32(40)41-31-9-5-8-30(31)33(23-37(2)3,27-6-4-7-28(34)18-27)26-14-16-38(17-15-26)20-25-21-39(22-25)29-12-10-24(19-35)11-13-29/h4,6-7,10-13,18,25-26,30-31H,5,8-9,14-17,20-23H2,1-3H3,(H,36,40)/t30-,31-,33+/m0/s1. The molecule has 2 aromatic carbocycles. The van der Waals surface area contributed by atoms with E-state index in [1.54, 1.807) is 13.1 Å². The van der Waals surface area contributed by atoms with Gasteiger partial charge in [-0.3, -0.25) is 0 Å². The Kier molecular flexibility index (Phi) is 9.16. The summed E-state index contributed by atoms with van der Waals surface area (Å²) in [6.07, 6.45) is 4.34. The molecule has 3 atom stereocenters. The van der Waals surface area contributed by atoms with E-state index in [9.17, 15) is 9.18 Å². The van der Waals surface area contributed by atoms with Gasteiger partial charge in [0.2, 0.25) is 0 Å². The SMILES string of the molecule is CNC(=O)O[C@H]1CCC[C@@H]1[C@@](CN(C)C)(c1cccc(F)c1)C1CCN(CC2CN(c3ccc(C#N)cc3)C2)CC1. The fourth-order valence-electron chi connectivity index (χ4n) is 7.88. The van der Waals surface area contributed by atoms with Crippen LogP contribution in [0, 0.1) is 34.9 Å². The lowest BCUT2D eigenvalue weighted by atomic mass is 9.58. The minimum absolute atomic E-state index is 0.133. The number of rotatable bonds is 9. The van der Waals surface area contributed by atoms with Crippen LogP contribution in [0.15, 0.2) is 48.5 Å². The molecule has 2 aromatic rings. The van der Waals surface area contributed by atoms with Crippen LogP contribution in [0.5, 0.6) is 0 Å². The minimum atomic E-state index is -0.384. The molecule has 3 aliphatic rings. The molecular formula is C33H44FN5O2. The quantitative estimate of drug-likeness (QED) is 0.471. The van der Waals surface area contributed by atoms with E-state index in [-0.39, 0.29) is 29.3 Å². The third-order valence-electron chi connectivity index (χ3n) is 9.67. The number of nitrogens with one attached hydrogen (secondary N) is 1. The maximum absolute atomic E-state index is 14.8. The Hall–Kier alpha value is -3.15. The van der Waals surface area contributed by atoms with E-state index in [1.165, 1.54) is 11.8 Å². The second-order valence-electron chi connectivity index (χ2n) is 12.5. The van der Waals surface area contributed by atoms with E-state index >= 15 is 0 Å². The number of carbonyl (C=O) groups excluding carboxylic acids is 1. The first kappa shape index (κ1) is 29.3. The highest BCUT2D eigenvalue weighted by Crippen LogP contribution is 2.51. The number of likely N-dealkylation sites (N-methyl/N-ethyl adjacent to an activating group) is 1. The van der Waals surface area contributed by atoms with Gasteiger partial charge in [-0.2, -0.15) is 5.26 Å². The number of piperidine rings is 1. The predicted octanol–water partition coefficient (Wildman–Crippen LogP) is 4.87. The van der Waals surface area contributed by atoms with Crippen molar-refractivity contribution in [1.29, 1.82) is 5.26 Å². The number of anilines is 1. The smallest absolute Gasteiger partial charge is 0.407 e. The van der Waals surface area contributed by atoms with Crippen LogP contribution in [0.2, 0.25) is 0 Å². The third kappa shape index (κ3) is 6.37. The van der Waals surface area contributed by atoms with Gasteiger partial charge < -0.3 is 24.8 Å². The molecule has 5 rings (SSSR count). The normalized spacial score (nSPS) is 23.6. The molecule has 0 radical (unpaired) electrons. The highest BCUT2D eigenvalue weighted by molar-refractivity contribution is 5.67. The van der Waals surface area contributed by atoms with Crippen molar-refractivity contribution in [2.24, 2.45) is 17.8 Å². The zero-order chi connectivity index (χ0) is 29.0. The molecule has 0 aromatic heterocycles. The molecule has 7 nitrogen and oxygen atoms in total.